The lowest BCUT2D eigenvalue weighted by molar-refractivity contribution is -0.137. The number of alkyl halides is 3. The van der Waals surface area contributed by atoms with Gasteiger partial charge in [0.15, 0.2) is 0 Å². The molecular weight excluding hydrogens is 439 g/mol. The molecule has 1 aromatic heterocycles. The van der Waals surface area contributed by atoms with Crippen LogP contribution in [-0.2, 0) is 16.2 Å². The molecule has 0 aliphatic heterocycles. The molecule has 5 rings (SSSR count). The average Bonchev–Trinajstić information content (AvgIpc) is 3.44. The Bertz CT molecular complexity index is 1430. The van der Waals surface area contributed by atoms with Gasteiger partial charge in [0.05, 0.1) is 21.5 Å². The lowest BCUT2D eigenvalue weighted by atomic mass is 10.1. The average molecular weight is 457 g/mol. The van der Waals surface area contributed by atoms with E-state index in [1.165, 1.54) is 18.2 Å². The van der Waals surface area contributed by atoms with Crippen molar-refractivity contribution in [2.45, 2.75) is 29.3 Å². The van der Waals surface area contributed by atoms with Crippen molar-refractivity contribution in [1.29, 1.82) is 0 Å². The molecule has 4 aromatic rings. The lowest BCUT2D eigenvalue weighted by Gasteiger charge is -2.07. The second kappa shape index (κ2) is 7.18. The molecular formula is C23H18F3N3O2S. The second-order valence-corrected chi connectivity index (χ2v) is 9.49. The van der Waals surface area contributed by atoms with Gasteiger partial charge in [0.1, 0.15) is 5.82 Å². The standard InChI is InChI=1S/C23H18F3N3O2S/c24-23(25,26)15-8-5-13(6-9-15)17-12-18(17)22-28-19-10-7-14(11-20(19)29-22)16-3-1-2-4-21(16)32(27,30)31/h1-11,17-18H,12H2,(H,28,29)(H2,27,30,31)/t17-,18+/m0/s1. The minimum atomic E-state index is -4.35. The highest BCUT2D eigenvalue weighted by atomic mass is 32.2. The van der Waals surface area contributed by atoms with Crippen LogP contribution in [0.5, 0.6) is 0 Å². The van der Waals surface area contributed by atoms with E-state index in [-0.39, 0.29) is 16.7 Å². The number of benzene rings is 3. The molecule has 3 aromatic carbocycles. The van der Waals surface area contributed by atoms with Crippen LogP contribution in [0.3, 0.4) is 0 Å². The molecule has 1 saturated carbocycles. The molecule has 1 heterocycles. The monoisotopic (exact) mass is 457 g/mol. The van der Waals surface area contributed by atoms with Gasteiger partial charge in [0.2, 0.25) is 10.0 Å². The molecule has 1 aliphatic carbocycles. The Kier molecular flexibility index (Phi) is 4.65. The van der Waals surface area contributed by atoms with Gasteiger partial charge in [-0.15, -0.1) is 0 Å². The number of aromatic amines is 1. The van der Waals surface area contributed by atoms with Crippen LogP contribution in [0.1, 0.15) is 35.2 Å². The summed E-state index contributed by atoms with van der Waals surface area (Å²) in [6, 6.07) is 17.2. The molecule has 0 saturated heterocycles. The summed E-state index contributed by atoms with van der Waals surface area (Å²) in [4.78, 5) is 7.97. The third-order valence-corrected chi connectivity index (χ3v) is 6.78. The van der Waals surface area contributed by atoms with Crippen LogP contribution in [0.15, 0.2) is 71.6 Å². The zero-order valence-corrected chi connectivity index (χ0v) is 17.4. The minimum absolute atomic E-state index is 0.0450. The van der Waals surface area contributed by atoms with Crippen molar-refractivity contribution in [1.82, 2.24) is 9.97 Å². The van der Waals surface area contributed by atoms with Crippen molar-refractivity contribution in [2.75, 3.05) is 0 Å². The van der Waals surface area contributed by atoms with Crippen molar-refractivity contribution in [2.24, 2.45) is 5.14 Å². The lowest BCUT2D eigenvalue weighted by Crippen LogP contribution is -2.13. The molecule has 0 spiro atoms. The molecule has 2 atom stereocenters. The Morgan fingerprint density at radius 1 is 0.969 bits per heavy atom. The van der Waals surface area contributed by atoms with E-state index in [2.05, 4.69) is 9.97 Å². The topological polar surface area (TPSA) is 88.8 Å². The number of nitrogens with two attached hydrogens (primary N) is 1. The molecule has 0 radical (unpaired) electrons. The van der Waals surface area contributed by atoms with E-state index in [0.29, 0.717) is 11.1 Å². The SMILES string of the molecule is NS(=O)(=O)c1ccccc1-c1ccc2nc([C@@H]3C[C@H]3c3ccc(C(F)(F)F)cc3)[nH]c2c1. The fourth-order valence-corrected chi connectivity index (χ4v) is 4.87. The number of hydrogen-bond donors (Lipinski definition) is 2. The van der Waals surface area contributed by atoms with E-state index in [0.717, 1.165) is 41.0 Å². The van der Waals surface area contributed by atoms with Crippen LogP contribution in [0.2, 0.25) is 0 Å². The number of nitrogens with one attached hydrogen (secondary N) is 1. The number of primary sulfonamides is 1. The van der Waals surface area contributed by atoms with Gasteiger partial charge in [0, 0.05) is 11.5 Å². The van der Waals surface area contributed by atoms with E-state index < -0.39 is 21.8 Å². The van der Waals surface area contributed by atoms with Gasteiger partial charge in [-0.05, 0) is 53.8 Å². The maximum Gasteiger partial charge on any atom is 0.416 e. The Hall–Kier alpha value is -3.17. The maximum absolute atomic E-state index is 12.8. The van der Waals surface area contributed by atoms with Crippen molar-refractivity contribution >= 4 is 21.1 Å². The zero-order chi connectivity index (χ0) is 22.7. The van der Waals surface area contributed by atoms with Crippen molar-refractivity contribution in [3.63, 3.8) is 0 Å². The summed E-state index contributed by atoms with van der Waals surface area (Å²) in [5, 5.41) is 5.35. The van der Waals surface area contributed by atoms with Gasteiger partial charge in [0.25, 0.3) is 0 Å². The number of hydrogen-bond acceptors (Lipinski definition) is 3. The van der Waals surface area contributed by atoms with E-state index in [9.17, 15) is 21.6 Å². The summed E-state index contributed by atoms with van der Waals surface area (Å²) < 4.78 is 62.2. The molecule has 1 fully saturated rings. The Labute approximate surface area is 182 Å². The van der Waals surface area contributed by atoms with Gasteiger partial charge in [-0.1, -0.05) is 36.4 Å². The summed E-state index contributed by atoms with van der Waals surface area (Å²) in [6.07, 6.45) is -3.55. The second-order valence-electron chi connectivity index (χ2n) is 7.96. The number of rotatable bonds is 4. The largest absolute Gasteiger partial charge is 0.416 e. The van der Waals surface area contributed by atoms with Gasteiger partial charge >= 0.3 is 6.18 Å². The highest BCUT2D eigenvalue weighted by Crippen LogP contribution is 2.54. The van der Waals surface area contributed by atoms with Crippen LogP contribution in [0, 0.1) is 0 Å². The van der Waals surface area contributed by atoms with Gasteiger partial charge in [-0.3, -0.25) is 0 Å². The summed E-state index contributed by atoms with van der Waals surface area (Å²) in [5.74, 6) is 0.974. The number of imidazole rings is 1. The first kappa shape index (κ1) is 20.7. The maximum atomic E-state index is 12.8. The van der Waals surface area contributed by atoms with E-state index in [4.69, 9.17) is 5.14 Å². The normalized spacial score (nSPS) is 18.8. The number of fused-ring (bicyclic) bond motifs is 1. The van der Waals surface area contributed by atoms with E-state index >= 15 is 0 Å². The zero-order valence-electron chi connectivity index (χ0n) is 16.6. The quantitative estimate of drug-likeness (QED) is 0.443. The number of halogens is 3. The third kappa shape index (κ3) is 3.78. The smallest absolute Gasteiger partial charge is 0.342 e. The summed E-state index contributed by atoms with van der Waals surface area (Å²) in [7, 11) is -3.88. The minimum Gasteiger partial charge on any atom is -0.342 e. The van der Waals surface area contributed by atoms with Crippen LogP contribution >= 0.6 is 0 Å². The summed E-state index contributed by atoms with van der Waals surface area (Å²) in [5.41, 5.74) is 2.87. The Balaban J connectivity index is 1.43. The van der Waals surface area contributed by atoms with Gasteiger partial charge in [-0.25, -0.2) is 18.5 Å². The molecule has 164 valence electrons. The van der Waals surface area contributed by atoms with E-state index in [1.54, 1.807) is 30.3 Å². The van der Waals surface area contributed by atoms with Gasteiger partial charge < -0.3 is 4.98 Å². The first-order valence-electron chi connectivity index (χ1n) is 9.90. The van der Waals surface area contributed by atoms with Crippen LogP contribution in [0.25, 0.3) is 22.2 Å². The Morgan fingerprint density at radius 3 is 2.38 bits per heavy atom. The van der Waals surface area contributed by atoms with Crippen LogP contribution in [0.4, 0.5) is 13.2 Å². The van der Waals surface area contributed by atoms with Crippen LogP contribution < -0.4 is 5.14 Å². The fraction of sp³-hybridized carbons (Fsp3) is 0.174. The number of sulfonamides is 1. The molecule has 5 nitrogen and oxygen atoms in total. The molecule has 0 bridgehead atoms. The highest BCUT2D eigenvalue weighted by molar-refractivity contribution is 7.89. The molecule has 9 heteroatoms. The molecule has 1 aliphatic rings. The first-order chi connectivity index (χ1) is 15.1. The van der Waals surface area contributed by atoms with Gasteiger partial charge in [-0.2, -0.15) is 13.2 Å². The molecule has 0 unspecified atom stereocenters. The summed E-state index contributed by atoms with van der Waals surface area (Å²) >= 11 is 0. The molecule has 3 N–H and O–H groups in total. The van der Waals surface area contributed by atoms with E-state index in [1.807, 2.05) is 6.07 Å². The van der Waals surface area contributed by atoms with Crippen molar-refractivity contribution in [3.05, 3.63) is 83.7 Å². The number of nitrogens with zero attached hydrogens (tertiary/aromatic N) is 1. The first-order valence-corrected chi connectivity index (χ1v) is 11.4. The summed E-state index contributed by atoms with van der Waals surface area (Å²) in [6.45, 7) is 0. The van der Waals surface area contributed by atoms with Crippen molar-refractivity contribution in [3.8, 4) is 11.1 Å². The fourth-order valence-electron chi connectivity index (χ4n) is 4.11. The third-order valence-electron chi connectivity index (χ3n) is 5.81. The van der Waals surface area contributed by atoms with Crippen LogP contribution in [-0.4, -0.2) is 18.4 Å². The predicted octanol–water partition coefficient (Wildman–Crippen LogP) is 5.17. The molecule has 32 heavy (non-hydrogen) atoms. The molecule has 0 amide bonds. The number of aromatic nitrogens is 2. The predicted molar refractivity (Wildman–Crippen MR) is 114 cm³/mol. The highest BCUT2D eigenvalue weighted by Gasteiger charge is 2.42. The number of H-pyrrole nitrogens is 1. The van der Waals surface area contributed by atoms with Crippen molar-refractivity contribution < 1.29 is 21.6 Å². The Morgan fingerprint density at radius 2 is 1.69 bits per heavy atom.